The minimum Gasteiger partial charge on any atom is -0.354 e. The maximum atomic E-state index is 6.08. The number of benzene rings is 2. The van der Waals surface area contributed by atoms with E-state index in [1.807, 2.05) is 6.07 Å². The summed E-state index contributed by atoms with van der Waals surface area (Å²) in [4.78, 5) is 8.23. The highest BCUT2D eigenvalue weighted by Gasteiger charge is 2.12. The fourth-order valence-electron chi connectivity index (χ4n) is 2.79. The zero-order chi connectivity index (χ0) is 15.3. The van der Waals surface area contributed by atoms with Gasteiger partial charge in [-0.25, -0.2) is 4.99 Å². The molecule has 2 aromatic heterocycles. The molecule has 4 aromatic rings. The van der Waals surface area contributed by atoms with Gasteiger partial charge in [0.05, 0.1) is 5.69 Å². The lowest BCUT2D eigenvalue weighted by molar-refractivity contribution is 1.32. The summed E-state index contributed by atoms with van der Waals surface area (Å²) in [5.41, 5.74) is 5.62. The monoisotopic (exact) mass is 345 g/mol. The van der Waals surface area contributed by atoms with Crippen LogP contribution >= 0.6 is 32.5 Å². The normalized spacial score (nSPS) is 12.6. The molecular weight excluding hydrogens is 334 g/mol. The van der Waals surface area contributed by atoms with Gasteiger partial charge in [-0.1, -0.05) is 29.8 Å². The number of aryl methyl sites for hydroxylation is 2. The van der Waals surface area contributed by atoms with Crippen molar-refractivity contribution in [3.63, 3.8) is 0 Å². The Morgan fingerprint density at radius 1 is 1.23 bits per heavy atom. The molecule has 4 rings (SSSR count). The van der Waals surface area contributed by atoms with Crippen molar-refractivity contribution in [2.75, 3.05) is 0 Å². The third-order valence-electron chi connectivity index (χ3n) is 3.84. The van der Waals surface area contributed by atoms with E-state index in [1.54, 1.807) is 0 Å². The van der Waals surface area contributed by atoms with Crippen LogP contribution in [0.4, 0.5) is 5.69 Å². The molecule has 0 fully saturated rings. The van der Waals surface area contributed by atoms with E-state index < -0.39 is 0 Å². The van der Waals surface area contributed by atoms with Crippen molar-refractivity contribution in [2.24, 2.45) is 4.99 Å². The van der Waals surface area contributed by atoms with Gasteiger partial charge in [0, 0.05) is 32.3 Å². The molecule has 6 heteroatoms. The van der Waals surface area contributed by atoms with E-state index in [-0.39, 0.29) is 0 Å². The summed E-state index contributed by atoms with van der Waals surface area (Å²) < 4.78 is 4.86. The van der Waals surface area contributed by atoms with E-state index in [0.29, 0.717) is 5.15 Å². The number of hydrogen-bond acceptors (Lipinski definition) is 4. The van der Waals surface area contributed by atoms with Gasteiger partial charge < -0.3 is 4.98 Å². The predicted octanol–water partition coefficient (Wildman–Crippen LogP) is 5.34. The zero-order valence-electron chi connectivity index (χ0n) is 12.0. The molecule has 2 aromatic carbocycles. The summed E-state index contributed by atoms with van der Waals surface area (Å²) >= 11 is 6.08. The summed E-state index contributed by atoms with van der Waals surface area (Å²) in [7, 11) is 2.86. The van der Waals surface area contributed by atoms with Crippen LogP contribution in [-0.4, -0.2) is 9.36 Å². The van der Waals surface area contributed by atoms with Gasteiger partial charge in [-0.3, -0.25) is 0 Å². The highest BCUT2D eigenvalue weighted by Crippen LogP contribution is 2.35. The van der Waals surface area contributed by atoms with Crippen molar-refractivity contribution in [3.05, 3.63) is 51.3 Å². The van der Waals surface area contributed by atoms with Crippen LogP contribution in [0.25, 0.3) is 21.8 Å². The van der Waals surface area contributed by atoms with Crippen LogP contribution in [0.2, 0.25) is 5.15 Å². The highest BCUT2D eigenvalue weighted by atomic mass is 35.5. The third kappa shape index (κ3) is 2.08. The lowest BCUT2D eigenvalue weighted by Crippen LogP contribution is -1.94. The van der Waals surface area contributed by atoms with Crippen LogP contribution in [0, 0.1) is 13.8 Å². The Morgan fingerprint density at radius 2 is 2.05 bits per heavy atom. The number of hydrogen-bond donors (Lipinski definition) is 1. The standard InChI is InChI=1S/C16H12ClN3S2/c1-8-7-12(19-16-15(17)20-22-21-16)9(2)13-10-5-3-4-6-11(10)18-14(8)13/h3-7,18H,1-2H3. The van der Waals surface area contributed by atoms with Crippen molar-refractivity contribution in [3.8, 4) is 0 Å². The molecule has 0 aliphatic carbocycles. The van der Waals surface area contributed by atoms with E-state index >= 15 is 0 Å². The van der Waals surface area contributed by atoms with Crippen LogP contribution in [0.5, 0.6) is 0 Å². The number of fused-ring (bicyclic) bond motifs is 3. The third-order valence-corrected chi connectivity index (χ3v) is 6.02. The second-order valence-electron chi connectivity index (χ2n) is 5.22. The van der Waals surface area contributed by atoms with Gasteiger partial charge in [-0.2, -0.15) is 4.37 Å². The Bertz CT molecular complexity index is 1070. The molecular formula is C16H12ClN3S2. The SMILES string of the molecule is Cc1cc(N=c2ssnc2Cl)c(C)c2c1[nH]c1ccccc12. The van der Waals surface area contributed by atoms with Crippen molar-refractivity contribution in [2.45, 2.75) is 13.8 Å². The van der Waals surface area contributed by atoms with Crippen molar-refractivity contribution >= 4 is 60.0 Å². The number of halogens is 1. The maximum Gasteiger partial charge on any atom is 0.179 e. The molecule has 0 saturated heterocycles. The van der Waals surface area contributed by atoms with Gasteiger partial charge in [0.15, 0.2) is 9.82 Å². The first kappa shape index (κ1) is 13.9. The van der Waals surface area contributed by atoms with Gasteiger partial charge >= 0.3 is 0 Å². The molecule has 22 heavy (non-hydrogen) atoms. The second kappa shape index (κ2) is 5.19. The van der Waals surface area contributed by atoms with Gasteiger partial charge in [-0.05, 0) is 47.4 Å². The first-order chi connectivity index (χ1) is 10.6. The Kier molecular flexibility index (Phi) is 3.29. The average molecular weight is 346 g/mol. The molecule has 1 N–H and O–H groups in total. The van der Waals surface area contributed by atoms with Crippen LogP contribution in [0.1, 0.15) is 11.1 Å². The number of nitrogens with one attached hydrogen (secondary N) is 1. The Hall–Kier alpha value is -1.69. The molecule has 3 nitrogen and oxygen atoms in total. The molecule has 0 atom stereocenters. The van der Waals surface area contributed by atoms with Crippen molar-refractivity contribution < 1.29 is 0 Å². The van der Waals surface area contributed by atoms with Crippen LogP contribution in [0.15, 0.2) is 35.3 Å². The van der Waals surface area contributed by atoms with Crippen molar-refractivity contribution in [1.29, 1.82) is 0 Å². The summed E-state index contributed by atoms with van der Waals surface area (Å²) in [6, 6.07) is 10.5. The molecule has 0 bridgehead atoms. The molecule has 0 radical (unpaired) electrons. The average Bonchev–Trinajstić information content (AvgIpc) is 3.09. The zero-order valence-corrected chi connectivity index (χ0v) is 14.4. The number of aromatic nitrogens is 2. The van der Waals surface area contributed by atoms with Crippen LogP contribution in [-0.2, 0) is 0 Å². The van der Waals surface area contributed by atoms with Crippen LogP contribution in [0.3, 0.4) is 0 Å². The van der Waals surface area contributed by atoms with Gasteiger partial charge in [0.25, 0.3) is 0 Å². The molecule has 0 spiro atoms. The fraction of sp³-hybridized carbons (Fsp3) is 0.125. The Labute approximate surface area is 139 Å². The van der Waals surface area contributed by atoms with Gasteiger partial charge in [-0.15, -0.1) is 0 Å². The van der Waals surface area contributed by atoms with E-state index in [9.17, 15) is 0 Å². The molecule has 0 amide bonds. The second-order valence-corrected chi connectivity index (χ2v) is 7.41. The molecule has 2 heterocycles. The van der Waals surface area contributed by atoms with Gasteiger partial charge in [0.2, 0.25) is 0 Å². The Morgan fingerprint density at radius 3 is 2.82 bits per heavy atom. The van der Waals surface area contributed by atoms with Crippen molar-refractivity contribution in [1.82, 2.24) is 9.36 Å². The summed E-state index contributed by atoms with van der Waals surface area (Å²) in [6.45, 7) is 4.21. The number of aromatic amines is 1. The first-order valence-corrected chi connectivity index (χ1v) is 9.30. The Balaban J connectivity index is 2.12. The number of nitrogens with zero attached hydrogens (tertiary/aromatic N) is 2. The van der Waals surface area contributed by atoms with E-state index in [1.165, 1.54) is 42.7 Å². The smallest absolute Gasteiger partial charge is 0.179 e. The molecule has 0 saturated carbocycles. The molecule has 0 aliphatic rings. The minimum atomic E-state index is 0.478. The minimum absolute atomic E-state index is 0.478. The topological polar surface area (TPSA) is 41.0 Å². The largest absolute Gasteiger partial charge is 0.354 e. The lowest BCUT2D eigenvalue weighted by atomic mass is 10.0. The lowest BCUT2D eigenvalue weighted by Gasteiger charge is -2.05. The summed E-state index contributed by atoms with van der Waals surface area (Å²) in [5, 5.41) is 2.94. The van der Waals surface area contributed by atoms with Gasteiger partial charge in [0.1, 0.15) is 0 Å². The highest BCUT2D eigenvalue weighted by molar-refractivity contribution is 7.66. The quantitative estimate of drug-likeness (QED) is 0.465. The van der Waals surface area contributed by atoms with E-state index in [2.05, 4.69) is 47.5 Å². The molecule has 0 aliphatic heterocycles. The molecule has 110 valence electrons. The first-order valence-electron chi connectivity index (χ1n) is 6.82. The summed E-state index contributed by atoms with van der Waals surface area (Å²) in [5.74, 6) is 0. The number of H-pyrrole nitrogens is 1. The van der Waals surface area contributed by atoms with E-state index in [0.717, 1.165) is 21.4 Å². The molecule has 0 unspecified atom stereocenters. The maximum absolute atomic E-state index is 6.08. The number of rotatable bonds is 1. The van der Waals surface area contributed by atoms with E-state index in [4.69, 9.17) is 16.6 Å². The predicted molar refractivity (Wildman–Crippen MR) is 95.5 cm³/mol. The van der Waals surface area contributed by atoms with Crippen LogP contribution < -0.4 is 4.67 Å². The summed E-state index contributed by atoms with van der Waals surface area (Å²) in [6.07, 6.45) is 0. The number of para-hydroxylation sites is 1. The fourth-order valence-corrected chi connectivity index (χ4v) is 4.78.